The molecule has 1 aliphatic carbocycles. The number of carbonyl (C=O) groups excluding carboxylic acids is 1. The maximum Gasteiger partial charge on any atom is 0.244 e. The molecule has 0 saturated heterocycles. The van der Waals surface area contributed by atoms with Crippen LogP contribution in [-0.2, 0) is 10.3 Å². The van der Waals surface area contributed by atoms with Gasteiger partial charge in [0.2, 0.25) is 5.91 Å². The lowest BCUT2D eigenvalue weighted by atomic mass is 9.91. The standard InChI is InChI=1S/C17H26N2O.ClH/c1-13(2)11-17(9-10-17)12-19-15(20)16(3,18)14-7-5-4-6-8-14;/h4-8,13H,9-12,18H2,1-3H3,(H,19,20);1H. The lowest BCUT2D eigenvalue weighted by Crippen LogP contribution is -2.50. The molecule has 2 rings (SSSR count). The topological polar surface area (TPSA) is 55.1 Å². The highest BCUT2D eigenvalue weighted by Gasteiger charge is 2.43. The van der Waals surface area contributed by atoms with E-state index >= 15 is 0 Å². The van der Waals surface area contributed by atoms with Crippen molar-refractivity contribution < 1.29 is 4.79 Å². The summed E-state index contributed by atoms with van der Waals surface area (Å²) < 4.78 is 0. The van der Waals surface area contributed by atoms with E-state index in [1.54, 1.807) is 6.92 Å². The van der Waals surface area contributed by atoms with Crippen LogP contribution in [0.25, 0.3) is 0 Å². The molecule has 118 valence electrons. The normalized spacial score (nSPS) is 18.5. The molecule has 1 aromatic carbocycles. The van der Waals surface area contributed by atoms with Crippen molar-refractivity contribution in [2.45, 2.75) is 45.6 Å². The van der Waals surface area contributed by atoms with Gasteiger partial charge >= 0.3 is 0 Å². The van der Waals surface area contributed by atoms with Crippen LogP contribution >= 0.6 is 12.4 Å². The highest BCUT2D eigenvalue weighted by atomic mass is 35.5. The Bertz CT molecular complexity index is 467. The molecule has 1 saturated carbocycles. The first-order valence-corrected chi connectivity index (χ1v) is 7.48. The first kappa shape index (κ1) is 18.0. The molecule has 0 spiro atoms. The average molecular weight is 311 g/mol. The van der Waals surface area contributed by atoms with Gasteiger partial charge in [0.1, 0.15) is 5.54 Å². The largest absolute Gasteiger partial charge is 0.354 e. The number of hydrogen-bond acceptors (Lipinski definition) is 2. The molecule has 1 unspecified atom stereocenters. The monoisotopic (exact) mass is 310 g/mol. The number of nitrogens with two attached hydrogens (primary N) is 1. The minimum Gasteiger partial charge on any atom is -0.354 e. The molecular formula is C17H27ClN2O. The Labute approximate surface area is 134 Å². The van der Waals surface area contributed by atoms with Crippen LogP contribution in [0.2, 0.25) is 0 Å². The van der Waals surface area contributed by atoms with Crippen molar-refractivity contribution in [3.05, 3.63) is 35.9 Å². The number of hydrogen-bond donors (Lipinski definition) is 2. The highest BCUT2D eigenvalue weighted by molar-refractivity contribution is 5.87. The molecule has 0 bridgehead atoms. The maximum atomic E-state index is 12.4. The second-order valence-electron chi connectivity index (χ2n) is 6.85. The Morgan fingerprint density at radius 3 is 2.38 bits per heavy atom. The zero-order valence-electron chi connectivity index (χ0n) is 13.2. The van der Waals surface area contributed by atoms with E-state index in [0.29, 0.717) is 11.3 Å². The Morgan fingerprint density at radius 1 is 1.33 bits per heavy atom. The van der Waals surface area contributed by atoms with Crippen molar-refractivity contribution >= 4 is 18.3 Å². The SMILES string of the molecule is CC(C)CC1(CNC(=O)C(C)(N)c2ccccc2)CC1.Cl. The van der Waals surface area contributed by atoms with Crippen molar-refractivity contribution in [1.29, 1.82) is 0 Å². The van der Waals surface area contributed by atoms with Gasteiger partial charge in [0.05, 0.1) is 0 Å². The van der Waals surface area contributed by atoms with Gasteiger partial charge in [-0.05, 0) is 43.1 Å². The van der Waals surface area contributed by atoms with Crippen LogP contribution in [0.5, 0.6) is 0 Å². The van der Waals surface area contributed by atoms with Gasteiger partial charge in [-0.25, -0.2) is 0 Å². The van der Waals surface area contributed by atoms with Gasteiger partial charge in [0.25, 0.3) is 0 Å². The molecule has 1 aliphatic rings. The predicted molar refractivity (Wildman–Crippen MR) is 89.4 cm³/mol. The minimum absolute atomic E-state index is 0. The summed E-state index contributed by atoms with van der Waals surface area (Å²) in [5.74, 6) is 0.589. The first-order valence-electron chi connectivity index (χ1n) is 7.48. The van der Waals surface area contributed by atoms with E-state index in [0.717, 1.165) is 12.1 Å². The Hall–Kier alpha value is -1.06. The summed E-state index contributed by atoms with van der Waals surface area (Å²) in [5.41, 5.74) is 6.44. The summed E-state index contributed by atoms with van der Waals surface area (Å²) in [6.07, 6.45) is 3.62. The lowest BCUT2D eigenvalue weighted by molar-refractivity contribution is -0.126. The van der Waals surface area contributed by atoms with E-state index in [2.05, 4.69) is 19.2 Å². The van der Waals surface area contributed by atoms with Gasteiger partial charge in [-0.15, -0.1) is 12.4 Å². The van der Waals surface area contributed by atoms with Crippen LogP contribution in [0.4, 0.5) is 0 Å². The number of halogens is 1. The summed E-state index contributed by atoms with van der Waals surface area (Å²) in [5, 5.41) is 3.07. The molecule has 1 aromatic rings. The summed E-state index contributed by atoms with van der Waals surface area (Å²) in [4.78, 5) is 12.4. The van der Waals surface area contributed by atoms with E-state index in [4.69, 9.17) is 5.73 Å². The molecule has 0 heterocycles. The van der Waals surface area contributed by atoms with Crippen molar-refractivity contribution in [3.63, 3.8) is 0 Å². The maximum absolute atomic E-state index is 12.4. The van der Waals surface area contributed by atoms with Crippen molar-refractivity contribution in [1.82, 2.24) is 5.32 Å². The molecule has 21 heavy (non-hydrogen) atoms. The average Bonchev–Trinajstić information content (AvgIpc) is 3.16. The third kappa shape index (κ3) is 4.45. The quantitative estimate of drug-likeness (QED) is 0.847. The Morgan fingerprint density at radius 2 is 1.90 bits per heavy atom. The van der Waals surface area contributed by atoms with Crippen LogP contribution in [0.15, 0.2) is 30.3 Å². The van der Waals surface area contributed by atoms with Gasteiger partial charge in [-0.3, -0.25) is 4.79 Å². The second-order valence-corrected chi connectivity index (χ2v) is 6.85. The van der Waals surface area contributed by atoms with Crippen LogP contribution in [0, 0.1) is 11.3 Å². The molecule has 1 amide bonds. The van der Waals surface area contributed by atoms with E-state index in [1.165, 1.54) is 19.3 Å². The number of carbonyl (C=O) groups is 1. The van der Waals surface area contributed by atoms with E-state index < -0.39 is 5.54 Å². The zero-order valence-corrected chi connectivity index (χ0v) is 14.0. The smallest absolute Gasteiger partial charge is 0.244 e. The van der Waals surface area contributed by atoms with Gasteiger partial charge in [0.15, 0.2) is 0 Å². The third-order valence-corrected chi connectivity index (χ3v) is 4.27. The fourth-order valence-electron chi connectivity index (χ4n) is 2.86. The molecule has 0 radical (unpaired) electrons. The molecule has 0 aromatic heterocycles. The lowest BCUT2D eigenvalue weighted by Gasteiger charge is -2.26. The van der Waals surface area contributed by atoms with Crippen LogP contribution in [0.1, 0.15) is 45.6 Å². The van der Waals surface area contributed by atoms with E-state index in [1.807, 2.05) is 30.3 Å². The van der Waals surface area contributed by atoms with Crippen molar-refractivity contribution in [3.8, 4) is 0 Å². The zero-order chi connectivity index (χ0) is 14.8. The molecule has 3 N–H and O–H groups in total. The second kappa shape index (κ2) is 6.80. The minimum atomic E-state index is -0.963. The fourth-order valence-corrected chi connectivity index (χ4v) is 2.86. The van der Waals surface area contributed by atoms with Crippen molar-refractivity contribution in [2.75, 3.05) is 6.54 Å². The van der Waals surface area contributed by atoms with Gasteiger partial charge in [0, 0.05) is 6.54 Å². The molecule has 1 atom stereocenters. The van der Waals surface area contributed by atoms with E-state index in [9.17, 15) is 4.79 Å². The van der Waals surface area contributed by atoms with Crippen LogP contribution in [-0.4, -0.2) is 12.5 Å². The fraction of sp³-hybridized carbons (Fsp3) is 0.588. The predicted octanol–water partition coefficient (Wildman–Crippen LogP) is 3.22. The van der Waals surface area contributed by atoms with Crippen LogP contribution < -0.4 is 11.1 Å². The molecular weight excluding hydrogens is 284 g/mol. The van der Waals surface area contributed by atoms with E-state index in [-0.39, 0.29) is 18.3 Å². The Balaban J connectivity index is 0.00000220. The molecule has 1 fully saturated rings. The Kier molecular flexibility index (Phi) is 5.83. The summed E-state index contributed by atoms with van der Waals surface area (Å²) in [7, 11) is 0. The number of benzene rings is 1. The summed E-state index contributed by atoms with van der Waals surface area (Å²) >= 11 is 0. The first-order chi connectivity index (χ1) is 9.36. The molecule has 4 heteroatoms. The summed E-state index contributed by atoms with van der Waals surface area (Å²) in [6.45, 7) is 7.00. The van der Waals surface area contributed by atoms with Gasteiger partial charge in [-0.1, -0.05) is 44.2 Å². The van der Waals surface area contributed by atoms with Crippen molar-refractivity contribution in [2.24, 2.45) is 17.1 Å². The van der Waals surface area contributed by atoms with Crippen LogP contribution in [0.3, 0.4) is 0 Å². The third-order valence-electron chi connectivity index (χ3n) is 4.27. The molecule has 3 nitrogen and oxygen atoms in total. The highest BCUT2D eigenvalue weighted by Crippen LogP contribution is 2.50. The number of nitrogens with one attached hydrogen (secondary N) is 1. The van der Waals surface area contributed by atoms with Gasteiger partial charge in [-0.2, -0.15) is 0 Å². The number of amides is 1. The van der Waals surface area contributed by atoms with Gasteiger partial charge < -0.3 is 11.1 Å². The summed E-state index contributed by atoms with van der Waals surface area (Å²) in [6, 6.07) is 9.56. The number of rotatable bonds is 6. The molecule has 0 aliphatic heterocycles.